The minimum atomic E-state index is -0.225. The van der Waals surface area contributed by atoms with Crippen LogP contribution in [0.1, 0.15) is 34.5 Å². The Morgan fingerprint density at radius 2 is 1.67 bits per heavy atom. The molecule has 0 saturated carbocycles. The van der Waals surface area contributed by atoms with Gasteiger partial charge in [-0.05, 0) is 37.3 Å². The highest BCUT2D eigenvalue weighted by molar-refractivity contribution is 5.70. The van der Waals surface area contributed by atoms with Crippen molar-refractivity contribution in [3.8, 4) is 17.2 Å². The highest BCUT2D eigenvalue weighted by atomic mass is 16.6. The number of nitrogens with one attached hydrogen (secondary N) is 1. The van der Waals surface area contributed by atoms with Crippen molar-refractivity contribution < 1.29 is 14.2 Å². The molecule has 5 heteroatoms. The Hall–Kier alpha value is -3.44. The van der Waals surface area contributed by atoms with Gasteiger partial charge in [0.2, 0.25) is 0 Å². The van der Waals surface area contributed by atoms with Crippen LogP contribution in [0.4, 0.5) is 0 Å². The summed E-state index contributed by atoms with van der Waals surface area (Å²) in [6, 6.07) is 22.9. The summed E-state index contributed by atoms with van der Waals surface area (Å²) in [5, 5.41) is 2.18. The van der Waals surface area contributed by atoms with Gasteiger partial charge in [-0.3, -0.25) is 0 Å². The smallest absolute Gasteiger partial charge is 0.195 e. The van der Waals surface area contributed by atoms with Gasteiger partial charge in [0.25, 0.3) is 0 Å². The molecule has 0 fully saturated rings. The van der Waals surface area contributed by atoms with E-state index in [2.05, 4.69) is 65.9 Å². The first-order chi connectivity index (χ1) is 14.8. The van der Waals surface area contributed by atoms with E-state index in [4.69, 9.17) is 14.2 Å². The Kier molecular flexibility index (Phi) is 3.96. The van der Waals surface area contributed by atoms with Crippen LogP contribution in [0, 0.1) is 6.92 Å². The summed E-state index contributed by atoms with van der Waals surface area (Å²) in [6.45, 7) is 3.27. The third-order valence-corrected chi connectivity index (χ3v) is 5.82. The molecule has 3 aliphatic rings. The molecule has 3 heterocycles. The molecule has 3 aromatic carbocycles. The zero-order chi connectivity index (χ0) is 20.1. The molecule has 2 atom stereocenters. The van der Waals surface area contributed by atoms with E-state index < -0.39 is 0 Å². The van der Waals surface area contributed by atoms with Gasteiger partial charge in [-0.2, -0.15) is 5.01 Å². The summed E-state index contributed by atoms with van der Waals surface area (Å²) >= 11 is 0. The molecule has 6 rings (SSSR count). The molecule has 0 aromatic heterocycles. The Bertz CT molecular complexity index is 1140. The number of ether oxygens (including phenoxy) is 3. The van der Waals surface area contributed by atoms with Crippen LogP contribution in [0.15, 0.2) is 72.8 Å². The predicted octanol–water partition coefficient (Wildman–Crippen LogP) is 4.76. The van der Waals surface area contributed by atoms with Crippen molar-refractivity contribution in [3.05, 3.63) is 95.1 Å². The summed E-state index contributed by atoms with van der Waals surface area (Å²) in [6.07, 6.45) is 2.03. The zero-order valence-corrected chi connectivity index (χ0v) is 16.7. The van der Waals surface area contributed by atoms with Gasteiger partial charge >= 0.3 is 0 Å². The van der Waals surface area contributed by atoms with Crippen LogP contribution in [0.2, 0.25) is 0 Å². The maximum Gasteiger partial charge on any atom is 0.195 e. The number of rotatable bonds is 2. The summed E-state index contributed by atoms with van der Waals surface area (Å²) in [4.78, 5) is 0. The van der Waals surface area contributed by atoms with E-state index in [1.807, 2.05) is 24.3 Å². The number of fused-ring (bicyclic) bond motifs is 4. The van der Waals surface area contributed by atoms with Crippen LogP contribution in [0.5, 0.6) is 17.2 Å². The average Bonchev–Trinajstić information content (AvgIpc) is 3.25. The molecule has 0 radical (unpaired) electrons. The summed E-state index contributed by atoms with van der Waals surface area (Å²) in [7, 11) is 0. The SMILES string of the molecule is Cc1ccc([C@@H]2Oc3ccccc3[C@H]3C=C(c4ccc5c(c4)OCCO5)NN32)cc1. The molecule has 3 aliphatic heterocycles. The normalized spacial score (nSPS) is 21.7. The van der Waals surface area contributed by atoms with Gasteiger partial charge in [0.15, 0.2) is 17.7 Å². The number of hydrazine groups is 1. The highest BCUT2D eigenvalue weighted by Gasteiger charge is 2.40. The highest BCUT2D eigenvalue weighted by Crippen LogP contribution is 2.46. The Balaban J connectivity index is 1.40. The topological polar surface area (TPSA) is 43.0 Å². The molecule has 0 spiro atoms. The number of benzene rings is 3. The van der Waals surface area contributed by atoms with Crippen LogP contribution in [-0.2, 0) is 0 Å². The standard InChI is InChI=1S/C25H22N2O3/c1-16-6-8-17(9-7-16)25-27-21(19-4-2-3-5-22(19)30-25)15-20(26-27)18-10-11-23-24(14-18)29-13-12-28-23/h2-11,14-15,21,25-26H,12-13H2,1H3/t21-,25+/m1/s1. The fraction of sp³-hybridized carbons (Fsp3) is 0.200. The maximum atomic E-state index is 6.43. The first-order valence-corrected chi connectivity index (χ1v) is 10.3. The monoisotopic (exact) mass is 398 g/mol. The van der Waals surface area contributed by atoms with Crippen molar-refractivity contribution in [2.75, 3.05) is 13.2 Å². The van der Waals surface area contributed by atoms with Gasteiger partial charge in [-0.15, -0.1) is 0 Å². The second kappa shape index (κ2) is 6.82. The lowest BCUT2D eigenvalue weighted by Gasteiger charge is -2.39. The Labute approximate surface area is 175 Å². The van der Waals surface area contributed by atoms with E-state index in [0.29, 0.717) is 13.2 Å². The van der Waals surface area contributed by atoms with Crippen LogP contribution in [0.25, 0.3) is 5.70 Å². The lowest BCUT2D eigenvalue weighted by atomic mass is 10.0. The molecule has 0 bridgehead atoms. The van der Waals surface area contributed by atoms with E-state index in [1.54, 1.807) is 0 Å². The number of aryl methyl sites for hydroxylation is 1. The van der Waals surface area contributed by atoms with Crippen molar-refractivity contribution in [3.63, 3.8) is 0 Å². The van der Waals surface area contributed by atoms with Crippen molar-refractivity contribution in [1.29, 1.82) is 0 Å². The fourth-order valence-electron chi connectivity index (χ4n) is 4.27. The van der Waals surface area contributed by atoms with Crippen LogP contribution in [-0.4, -0.2) is 18.2 Å². The maximum absolute atomic E-state index is 6.43. The minimum absolute atomic E-state index is 0.0736. The Morgan fingerprint density at radius 1 is 0.867 bits per heavy atom. The molecule has 0 aliphatic carbocycles. The summed E-state index contributed by atoms with van der Waals surface area (Å²) in [5.41, 5.74) is 9.19. The molecule has 0 saturated heterocycles. The van der Waals surface area contributed by atoms with E-state index in [1.165, 1.54) is 5.56 Å². The number of hydrogen-bond donors (Lipinski definition) is 1. The molecule has 5 nitrogen and oxygen atoms in total. The summed E-state index contributed by atoms with van der Waals surface area (Å²) < 4.78 is 17.9. The Morgan fingerprint density at radius 3 is 2.53 bits per heavy atom. The lowest BCUT2D eigenvalue weighted by Crippen LogP contribution is -2.43. The van der Waals surface area contributed by atoms with E-state index in [-0.39, 0.29) is 12.3 Å². The first-order valence-electron chi connectivity index (χ1n) is 10.3. The van der Waals surface area contributed by atoms with Crippen molar-refractivity contribution in [1.82, 2.24) is 10.4 Å². The predicted molar refractivity (Wildman–Crippen MR) is 114 cm³/mol. The van der Waals surface area contributed by atoms with E-state index in [0.717, 1.165) is 39.6 Å². The number of para-hydroxylation sites is 1. The average molecular weight is 398 g/mol. The molecule has 3 aromatic rings. The largest absolute Gasteiger partial charge is 0.486 e. The van der Waals surface area contributed by atoms with Crippen molar-refractivity contribution in [2.24, 2.45) is 0 Å². The molecule has 0 amide bonds. The van der Waals surface area contributed by atoms with E-state index >= 15 is 0 Å². The molecule has 150 valence electrons. The lowest BCUT2D eigenvalue weighted by molar-refractivity contribution is -0.0326. The molecular weight excluding hydrogens is 376 g/mol. The van der Waals surface area contributed by atoms with Crippen LogP contribution in [0.3, 0.4) is 0 Å². The van der Waals surface area contributed by atoms with E-state index in [9.17, 15) is 0 Å². The second-order valence-corrected chi connectivity index (χ2v) is 7.82. The summed E-state index contributed by atoms with van der Waals surface area (Å²) in [5.74, 6) is 2.51. The van der Waals surface area contributed by atoms with Gasteiger partial charge in [-0.25, -0.2) is 0 Å². The van der Waals surface area contributed by atoms with Gasteiger partial charge in [0, 0.05) is 16.7 Å². The van der Waals surface area contributed by atoms with Gasteiger partial charge in [0.1, 0.15) is 19.0 Å². The zero-order valence-electron chi connectivity index (χ0n) is 16.7. The second-order valence-electron chi connectivity index (χ2n) is 7.82. The quantitative estimate of drug-likeness (QED) is 0.674. The van der Waals surface area contributed by atoms with Gasteiger partial charge in [0.05, 0.1) is 11.7 Å². The molecule has 1 N–H and O–H groups in total. The van der Waals surface area contributed by atoms with Crippen molar-refractivity contribution in [2.45, 2.75) is 19.2 Å². The third-order valence-electron chi connectivity index (χ3n) is 5.82. The number of nitrogens with zero attached hydrogens (tertiary/aromatic N) is 1. The van der Waals surface area contributed by atoms with Gasteiger partial charge in [-0.1, -0.05) is 48.0 Å². The van der Waals surface area contributed by atoms with Crippen molar-refractivity contribution >= 4 is 5.70 Å². The van der Waals surface area contributed by atoms with Gasteiger partial charge < -0.3 is 19.6 Å². The fourth-order valence-corrected chi connectivity index (χ4v) is 4.27. The molecular formula is C25H22N2O3. The van der Waals surface area contributed by atoms with Crippen LogP contribution < -0.4 is 19.6 Å². The molecule has 30 heavy (non-hydrogen) atoms. The third kappa shape index (κ3) is 2.82. The number of hydrogen-bond acceptors (Lipinski definition) is 5. The minimum Gasteiger partial charge on any atom is -0.486 e. The first kappa shape index (κ1) is 17.4. The van der Waals surface area contributed by atoms with Crippen LogP contribution >= 0.6 is 0 Å². The molecule has 0 unspecified atom stereocenters.